The van der Waals surface area contributed by atoms with E-state index in [1.165, 1.54) is 22.0 Å². The number of aromatic amines is 1. The van der Waals surface area contributed by atoms with Gasteiger partial charge in [-0.25, -0.2) is 0 Å². The quantitative estimate of drug-likeness (QED) is 0.730. The van der Waals surface area contributed by atoms with E-state index in [2.05, 4.69) is 41.5 Å². The summed E-state index contributed by atoms with van der Waals surface area (Å²) >= 11 is 6.12. The molecule has 3 nitrogen and oxygen atoms in total. The van der Waals surface area contributed by atoms with Crippen molar-refractivity contribution in [2.45, 2.75) is 25.4 Å². The monoisotopic (exact) mass is 326 g/mol. The zero-order chi connectivity index (χ0) is 16.0. The third-order valence-electron chi connectivity index (χ3n) is 4.66. The first-order valence-electron chi connectivity index (χ1n) is 7.85. The zero-order valence-corrected chi connectivity index (χ0v) is 13.9. The van der Waals surface area contributed by atoms with Gasteiger partial charge in [0.15, 0.2) is 0 Å². The van der Waals surface area contributed by atoms with Crippen molar-refractivity contribution < 1.29 is 4.74 Å². The van der Waals surface area contributed by atoms with Gasteiger partial charge in [-0.2, -0.15) is 0 Å². The maximum atomic E-state index is 6.12. The van der Waals surface area contributed by atoms with E-state index in [1.54, 1.807) is 7.11 Å². The molecule has 3 aromatic rings. The zero-order valence-electron chi connectivity index (χ0n) is 13.2. The van der Waals surface area contributed by atoms with Gasteiger partial charge in [-0.15, -0.1) is 0 Å². The predicted octanol–water partition coefficient (Wildman–Crippen LogP) is 4.45. The molecule has 2 atom stereocenters. The van der Waals surface area contributed by atoms with Crippen LogP contribution in [0.1, 0.15) is 29.7 Å². The molecular weight excluding hydrogens is 308 g/mol. The normalized spacial score (nSPS) is 20.5. The average molecular weight is 327 g/mol. The standard InChI is InChI=1S/C19H19ClN2O/c1-11-9-16-13-7-8-21-17(13)6-5-14(16)19(22-11)15-4-3-12(20)10-18(15)23-2/h3-8,10-11,19,21-22H,9H2,1-2H3/t11-,19?/m1/s1. The number of ether oxygens (including phenoxy) is 1. The van der Waals surface area contributed by atoms with E-state index >= 15 is 0 Å². The molecule has 0 saturated carbocycles. The molecule has 2 aromatic carbocycles. The summed E-state index contributed by atoms with van der Waals surface area (Å²) in [6, 6.07) is 12.9. The van der Waals surface area contributed by atoms with Crippen LogP contribution in [0, 0.1) is 0 Å². The Morgan fingerprint density at radius 2 is 1.96 bits per heavy atom. The minimum absolute atomic E-state index is 0.111. The molecule has 118 valence electrons. The minimum Gasteiger partial charge on any atom is -0.496 e. The smallest absolute Gasteiger partial charge is 0.125 e. The maximum absolute atomic E-state index is 6.12. The van der Waals surface area contributed by atoms with Gasteiger partial charge in [0.2, 0.25) is 0 Å². The van der Waals surface area contributed by atoms with E-state index in [0.29, 0.717) is 11.1 Å². The van der Waals surface area contributed by atoms with Crippen molar-refractivity contribution in [2.75, 3.05) is 7.11 Å². The number of rotatable bonds is 2. The number of H-pyrrole nitrogens is 1. The lowest BCUT2D eigenvalue weighted by atomic mass is 9.85. The first-order valence-corrected chi connectivity index (χ1v) is 8.23. The van der Waals surface area contributed by atoms with Crippen molar-refractivity contribution in [1.29, 1.82) is 0 Å². The Hall–Kier alpha value is -1.97. The van der Waals surface area contributed by atoms with Gasteiger partial charge in [-0.1, -0.05) is 23.7 Å². The maximum Gasteiger partial charge on any atom is 0.125 e. The molecule has 0 radical (unpaired) electrons. The van der Waals surface area contributed by atoms with Crippen molar-refractivity contribution in [3.63, 3.8) is 0 Å². The van der Waals surface area contributed by atoms with Gasteiger partial charge >= 0.3 is 0 Å². The first-order chi connectivity index (χ1) is 11.2. The number of halogens is 1. The van der Waals surface area contributed by atoms with Crippen LogP contribution < -0.4 is 10.1 Å². The highest BCUT2D eigenvalue weighted by Crippen LogP contribution is 2.38. The lowest BCUT2D eigenvalue weighted by Crippen LogP contribution is -2.38. The summed E-state index contributed by atoms with van der Waals surface area (Å²) in [4.78, 5) is 3.31. The number of methoxy groups -OCH3 is 1. The number of nitrogens with one attached hydrogen (secondary N) is 2. The summed E-state index contributed by atoms with van der Waals surface area (Å²) in [7, 11) is 1.69. The summed E-state index contributed by atoms with van der Waals surface area (Å²) in [5, 5.41) is 5.71. The summed E-state index contributed by atoms with van der Waals surface area (Å²) in [6.07, 6.45) is 3.03. The largest absolute Gasteiger partial charge is 0.496 e. The number of hydrogen-bond acceptors (Lipinski definition) is 2. The molecule has 2 N–H and O–H groups in total. The van der Waals surface area contributed by atoms with E-state index in [-0.39, 0.29) is 6.04 Å². The van der Waals surface area contributed by atoms with E-state index in [1.807, 2.05) is 18.3 Å². The fourth-order valence-electron chi connectivity index (χ4n) is 3.63. The lowest BCUT2D eigenvalue weighted by Gasteiger charge is -2.33. The fourth-order valence-corrected chi connectivity index (χ4v) is 3.79. The molecule has 1 aliphatic rings. The molecule has 1 unspecified atom stereocenters. The van der Waals surface area contributed by atoms with Crippen LogP contribution in [0.3, 0.4) is 0 Å². The molecule has 0 fully saturated rings. The van der Waals surface area contributed by atoms with E-state index < -0.39 is 0 Å². The topological polar surface area (TPSA) is 37.0 Å². The number of fused-ring (bicyclic) bond motifs is 3. The van der Waals surface area contributed by atoms with Gasteiger partial charge in [-0.05, 0) is 48.7 Å². The summed E-state index contributed by atoms with van der Waals surface area (Å²) in [6.45, 7) is 2.23. The van der Waals surface area contributed by atoms with Gasteiger partial charge in [-0.3, -0.25) is 0 Å². The number of hydrogen-bond donors (Lipinski definition) is 2. The van der Waals surface area contributed by atoms with Crippen LogP contribution in [0.4, 0.5) is 0 Å². The van der Waals surface area contributed by atoms with Crippen molar-refractivity contribution >= 4 is 22.5 Å². The van der Waals surface area contributed by atoms with Gasteiger partial charge in [0.1, 0.15) is 5.75 Å². The molecule has 1 aromatic heterocycles. The summed E-state index contributed by atoms with van der Waals surface area (Å²) in [5.74, 6) is 0.823. The molecule has 0 bridgehead atoms. The predicted molar refractivity (Wildman–Crippen MR) is 94.4 cm³/mol. The molecule has 2 heterocycles. The fraction of sp³-hybridized carbons (Fsp3) is 0.263. The Labute approximate surface area is 140 Å². The van der Waals surface area contributed by atoms with Crippen LogP contribution in [0.2, 0.25) is 5.02 Å². The highest BCUT2D eigenvalue weighted by Gasteiger charge is 2.28. The Balaban J connectivity index is 1.91. The van der Waals surface area contributed by atoms with E-state index in [0.717, 1.165) is 17.7 Å². The second-order valence-electron chi connectivity index (χ2n) is 6.16. The highest BCUT2D eigenvalue weighted by atomic mass is 35.5. The molecule has 0 saturated heterocycles. The van der Waals surface area contributed by atoms with Crippen LogP contribution >= 0.6 is 11.6 Å². The minimum atomic E-state index is 0.111. The van der Waals surface area contributed by atoms with E-state index in [4.69, 9.17) is 16.3 Å². The third kappa shape index (κ3) is 2.41. The van der Waals surface area contributed by atoms with Gasteiger partial charge < -0.3 is 15.0 Å². The van der Waals surface area contributed by atoms with Crippen LogP contribution in [0.25, 0.3) is 10.9 Å². The lowest BCUT2D eigenvalue weighted by molar-refractivity contribution is 0.394. The highest BCUT2D eigenvalue weighted by molar-refractivity contribution is 6.30. The Bertz CT molecular complexity index is 871. The Kier molecular flexibility index (Phi) is 3.55. The second-order valence-corrected chi connectivity index (χ2v) is 6.60. The summed E-state index contributed by atoms with van der Waals surface area (Å²) in [5.41, 5.74) is 5.05. The Morgan fingerprint density at radius 1 is 1.13 bits per heavy atom. The molecule has 1 aliphatic heterocycles. The number of benzene rings is 2. The van der Waals surface area contributed by atoms with Gasteiger partial charge in [0.25, 0.3) is 0 Å². The molecule has 23 heavy (non-hydrogen) atoms. The molecule has 4 rings (SSSR count). The molecule has 0 amide bonds. The van der Waals surface area contributed by atoms with Crippen molar-refractivity contribution in [3.05, 3.63) is 64.3 Å². The van der Waals surface area contributed by atoms with Crippen LogP contribution in [0.15, 0.2) is 42.6 Å². The molecule has 0 spiro atoms. The van der Waals surface area contributed by atoms with Crippen LogP contribution in [0.5, 0.6) is 5.75 Å². The van der Waals surface area contributed by atoms with Crippen molar-refractivity contribution in [3.8, 4) is 5.75 Å². The first kappa shape index (κ1) is 14.6. The SMILES string of the molecule is COc1cc(Cl)ccc1C1N[C@H](C)Cc2c1ccc1[nH]ccc21. The van der Waals surface area contributed by atoms with Crippen LogP contribution in [-0.2, 0) is 6.42 Å². The van der Waals surface area contributed by atoms with E-state index in [9.17, 15) is 0 Å². The van der Waals surface area contributed by atoms with Gasteiger partial charge in [0, 0.05) is 33.7 Å². The summed E-state index contributed by atoms with van der Waals surface area (Å²) < 4.78 is 5.57. The molecule has 4 heteroatoms. The molecule has 0 aliphatic carbocycles. The average Bonchev–Trinajstić information content (AvgIpc) is 3.03. The van der Waals surface area contributed by atoms with Crippen molar-refractivity contribution in [2.24, 2.45) is 0 Å². The second kappa shape index (κ2) is 5.59. The third-order valence-corrected chi connectivity index (χ3v) is 4.90. The number of aromatic nitrogens is 1. The van der Waals surface area contributed by atoms with Gasteiger partial charge in [0.05, 0.1) is 13.2 Å². The van der Waals surface area contributed by atoms with Crippen molar-refractivity contribution in [1.82, 2.24) is 10.3 Å². The molecular formula is C19H19ClN2O. The van der Waals surface area contributed by atoms with Crippen LogP contribution in [-0.4, -0.2) is 18.1 Å². The Morgan fingerprint density at radius 3 is 2.78 bits per heavy atom.